The van der Waals surface area contributed by atoms with Crippen LogP contribution in [0.1, 0.15) is 44.6 Å². The maximum absolute atomic E-state index is 17.0. The summed E-state index contributed by atoms with van der Waals surface area (Å²) in [5.74, 6) is -0.385. The topological polar surface area (TPSA) is 119 Å². The van der Waals surface area contributed by atoms with Crippen molar-refractivity contribution < 1.29 is 27.8 Å². The Labute approximate surface area is 268 Å². The number of fused-ring (bicyclic) bond motifs is 8. The van der Waals surface area contributed by atoms with Gasteiger partial charge in [0.05, 0.1) is 35.8 Å². The van der Waals surface area contributed by atoms with Gasteiger partial charge >= 0.3 is 12.2 Å². The summed E-state index contributed by atoms with van der Waals surface area (Å²) in [6, 6.07) is 1.75. The number of nitrogens with one attached hydrogen (secondary N) is 1. The molecule has 0 amide bonds. The third-order valence-corrected chi connectivity index (χ3v) is 10.2. The quantitative estimate of drug-likeness (QED) is 0.279. The minimum Gasteiger partial charge on any atom is -0.461 e. The SMILES string of the molecule is CC1COC(=O)O[C@@H]2CCCN(C2)c2nc(OC[C@@]34CCCN3C[C@H](F)C4)nc3c(F)c(ncc23)-c2c(c(Cl)cc3[nH]ncc23)C1. The second-order valence-corrected chi connectivity index (χ2v) is 13.5. The van der Waals surface area contributed by atoms with E-state index in [9.17, 15) is 9.18 Å². The Balaban J connectivity index is 1.30. The van der Waals surface area contributed by atoms with E-state index >= 15 is 4.39 Å². The van der Waals surface area contributed by atoms with Crippen molar-refractivity contribution in [2.75, 3.05) is 44.3 Å². The van der Waals surface area contributed by atoms with Gasteiger partial charge in [0.2, 0.25) is 0 Å². The molecule has 1 aromatic carbocycles. The summed E-state index contributed by atoms with van der Waals surface area (Å²) >= 11 is 6.81. The molecule has 0 saturated carbocycles. The number of carbonyl (C=O) groups is 1. The Morgan fingerprint density at radius 1 is 1.20 bits per heavy atom. The lowest BCUT2D eigenvalue weighted by molar-refractivity contribution is 0.0125. The molecule has 11 nitrogen and oxygen atoms in total. The molecule has 9 rings (SSSR count). The summed E-state index contributed by atoms with van der Waals surface area (Å²) in [4.78, 5) is 30.9. The first-order valence-electron chi connectivity index (χ1n) is 15.9. The first-order valence-corrected chi connectivity index (χ1v) is 16.3. The summed E-state index contributed by atoms with van der Waals surface area (Å²) in [5, 5.41) is 8.56. The normalized spacial score (nSPS) is 26.8. The van der Waals surface area contributed by atoms with E-state index < -0.39 is 29.8 Å². The number of rotatable bonds is 3. The van der Waals surface area contributed by atoms with Crippen molar-refractivity contribution in [1.29, 1.82) is 0 Å². The summed E-state index contributed by atoms with van der Waals surface area (Å²) < 4.78 is 49.0. The molecule has 46 heavy (non-hydrogen) atoms. The van der Waals surface area contributed by atoms with Crippen LogP contribution in [0.2, 0.25) is 5.02 Å². The summed E-state index contributed by atoms with van der Waals surface area (Å²) in [6.45, 7) is 4.34. The van der Waals surface area contributed by atoms with E-state index in [1.165, 1.54) is 0 Å². The predicted molar refractivity (Wildman–Crippen MR) is 166 cm³/mol. The molecule has 5 aliphatic rings. The maximum Gasteiger partial charge on any atom is 0.508 e. The molecule has 0 spiro atoms. The number of piperidine rings is 1. The molecule has 6 bridgehead atoms. The number of pyridine rings is 1. The molecule has 8 heterocycles. The van der Waals surface area contributed by atoms with Crippen LogP contribution in [-0.4, -0.2) is 93.4 Å². The number of nitrogens with zero attached hydrogens (tertiary/aromatic N) is 6. The van der Waals surface area contributed by atoms with Crippen molar-refractivity contribution in [3.05, 3.63) is 34.9 Å². The highest BCUT2D eigenvalue weighted by Crippen LogP contribution is 2.42. The van der Waals surface area contributed by atoms with E-state index in [0.29, 0.717) is 83.6 Å². The molecular weight excluding hydrogens is 620 g/mol. The van der Waals surface area contributed by atoms with Crippen molar-refractivity contribution in [3.8, 4) is 17.3 Å². The Hall–Kier alpha value is -3.84. The van der Waals surface area contributed by atoms with Crippen molar-refractivity contribution in [2.45, 2.75) is 63.3 Å². The van der Waals surface area contributed by atoms with Crippen molar-refractivity contribution in [3.63, 3.8) is 0 Å². The number of benzene rings is 1. The summed E-state index contributed by atoms with van der Waals surface area (Å²) in [5.41, 5.74) is 1.44. The maximum atomic E-state index is 17.0. The van der Waals surface area contributed by atoms with Crippen LogP contribution in [0.3, 0.4) is 0 Å². The van der Waals surface area contributed by atoms with E-state index in [0.717, 1.165) is 19.4 Å². The van der Waals surface area contributed by atoms with E-state index in [-0.39, 0.29) is 36.4 Å². The fourth-order valence-electron chi connectivity index (χ4n) is 7.73. The Morgan fingerprint density at radius 2 is 2.09 bits per heavy atom. The number of alkyl halides is 1. The highest BCUT2D eigenvalue weighted by atomic mass is 35.5. The molecule has 242 valence electrons. The molecule has 4 atom stereocenters. The number of hydrogen-bond acceptors (Lipinski definition) is 10. The second kappa shape index (κ2) is 11.4. The van der Waals surface area contributed by atoms with Gasteiger partial charge in [-0.15, -0.1) is 0 Å². The minimum atomic E-state index is -0.916. The fraction of sp³-hybridized carbons (Fsp3) is 0.531. The predicted octanol–water partition coefficient (Wildman–Crippen LogP) is 5.63. The van der Waals surface area contributed by atoms with Gasteiger partial charge < -0.3 is 19.1 Å². The molecule has 4 aromatic rings. The minimum absolute atomic E-state index is 0.000881. The lowest BCUT2D eigenvalue weighted by atomic mass is 9.92. The van der Waals surface area contributed by atoms with Crippen LogP contribution in [0, 0.1) is 11.7 Å². The van der Waals surface area contributed by atoms with Crippen LogP contribution in [0.25, 0.3) is 33.1 Å². The Morgan fingerprint density at radius 3 is 2.98 bits per heavy atom. The Bertz CT molecular complexity index is 1840. The van der Waals surface area contributed by atoms with E-state index in [2.05, 4.69) is 25.1 Å². The van der Waals surface area contributed by atoms with E-state index in [1.807, 2.05) is 11.8 Å². The van der Waals surface area contributed by atoms with Gasteiger partial charge in [0.15, 0.2) is 5.82 Å². The zero-order chi connectivity index (χ0) is 31.6. The van der Waals surface area contributed by atoms with Gasteiger partial charge in [-0.1, -0.05) is 18.5 Å². The number of aromatic nitrogens is 5. The van der Waals surface area contributed by atoms with Crippen LogP contribution in [0.5, 0.6) is 6.01 Å². The first-order chi connectivity index (χ1) is 22.3. The lowest BCUT2D eigenvalue weighted by Crippen LogP contribution is -2.43. The summed E-state index contributed by atoms with van der Waals surface area (Å²) in [7, 11) is 0. The van der Waals surface area contributed by atoms with E-state index in [4.69, 9.17) is 30.8 Å². The van der Waals surface area contributed by atoms with Gasteiger partial charge in [0, 0.05) is 41.7 Å². The number of H-pyrrole nitrogens is 1. The number of halogens is 3. The smallest absolute Gasteiger partial charge is 0.461 e. The molecule has 0 radical (unpaired) electrons. The molecule has 0 aliphatic carbocycles. The van der Waals surface area contributed by atoms with Crippen molar-refractivity contribution in [2.24, 2.45) is 5.92 Å². The number of aromatic amines is 1. The van der Waals surface area contributed by atoms with Gasteiger partial charge in [0.25, 0.3) is 0 Å². The summed E-state index contributed by atoms with van der Waals surface area (Å²) in [6.07, 6.45) is 4.99. The van der Waals surface area contributed by atoms with Gasteiger partial charge in [-0.25, -0.2) is 13.6 Å². The second-order valence-electron chi connectivity index (χ2n) is 13.1. The molecule has 1 unspecified atom stereocenters. The molecule has 3 aromatic heterocycles. The fourth-order valence-corrected chi connectivity index (χ4v) is 8.02. The molecule has 5 aliphatic heterocycles. The van der Waals surface area contributed by atoms with Gasteiger partial charge in [0.1, 0.15) is 35.9 Å². The monoisotopic (exact) mass is 653 g/mol. The average molecular weight is 654 g/mol. The van der Waals surface area contributed by atoms with Crippen LogP contribution in [0.4, 0.5) is 19.4 Å². The zero-order valence-electron chi connectivity index (χ0n) is 25.4. The molecule has 3 fully saturated rings. The highest BCUT2D eigenvalue weighted by molar-refractivity contribution is 6.33. The van der Waals surface area contributed by atoms with Gasteiger partial charge in [-0.2, -0.15) is 15.1 Å². The van der Waals surface area contributed by atoms with Crippen LogP contribution < -0.4 is 9.64 Å². The Kier molecular flexibility index (Phi) is 7.35. The van der Waals surface area contributed by atoms with Crippen molar-refractivity contribution >= 4 is 45.4 Å². The molecule has 14 heteroatoms. The van der Waals surface area contributed by atoms with Crippen LogP contribution in [0.15, 0.2) is 18.5 Å². The molecule has 3 saturated heterocycles. The largest absolute Gasteiger partial charge is 0.508 e. The number of ether oxygens (including phenoxy) is 3. The standard InChI is InChI=1S/C32H34ClF2N7O4/c1-17-8-20-23(33)9-24-21(12-37-40-24)25(20)28-26(35)27-22(11-36-28)29(41-6-2-4-19(14-41)46-31(43)44-15-17)39-30(38-27)45-16-32-5-3-7-42(32)13-18(34)10-32/h9,11-12,17-19H,2-8,10,13-16H2,1H3,(H,37,40)/t17?,18-,19-,32+/m1/s1. The number of anilines is 1. The molecular formula is C32H34ClF2N7O4. The number of carbonyl (C=O) groups excluding carboxylic acids is 1. The third kappa shape index (κ3) is 5.07. The van der Waals surface area contributed by atoms with Gasteiger partial charge in [-0.05, 0) is 56.2 Å². The zero-order valence-corrected chi connectivity index (χ0v) is 26.2. The van der Waals surface area contributed by atoms with Crippen LogP contribution in [-0.2, 0) is 15.9 Å². The van der Waals surface area contributed by atoms with Gasteiger partial charge in [-0.3, -0.25) is 15.0 Å². The third-order valence-electron chi connectivity index (χ3n) is 9.89. The lowest BCUT2D eigenvalue weighted by Gasteiger charge is -2.34. The van der Waals surface area contributed by atoms with Crippen molar-refractivity contribution in [1.82, 2.24) is 30.0 Å². The number of hydrogen-bond donors (Lipinski definition) is 1. The average Bonchev–Trinajstić information content (AvgIpc) is 3.73. The highest BCUT2D eigenvalue weighted by Gasteiger charge is 2.49. The van der Waals surface area contributed by atoms with Crippen LogP contribution >= 0.6 is 11.6 Å². The van der Waals surface area contributed by atoms with E-state index in [1.54, 1.807) is 18.5 Å². The molecule has 1 N–H and O–H groups in total. The first kappa shape index (κ1) is 29.6.